The topological polar surface area (TPSA) is 69.8 Å². The van der Waals surface area contributed by atoms with Crippen LogP contribution in [-0.2, 0) is 13.0 Å². The molecule has 5 nitrogen and oxygen atoms in total. The number of aromatic nitrogens is 2. The lowest BCUT2D eigenvalue weighted by atomic mass is 9.77. The summed E-state index contributed by atoms with van der Waals surface area (Å²) in [6.45, 7) is 7.13. The van der Waals surface area contributed by atoms with E-state index >= 15 is 0 Å². The van der Waals surface area contributed by atoms with E-state index < -0.39 is 0 Å². The van der Waals surface area contributed by atoms with E-state index in [2.05, 4.69) is 34.7 Å². The Labute approximate surface area is 132 Å². The van der Waals surface area contributed by atoms with Crippen LogP contribution >= 0.6 is 0 Å². The normalized spacial score (nSPS) is 25.0. The Kier molecular flexibility index (Phi) is 4.81. The first-order valence-electron chi connectivity index (χ1n) is 8.70. The zero-order valence-electron chi connectivity index (χ0n) is 13.7. The zero-order valence-corrected chi connectivity index (χ0v) is 13.7. The number of hydrogen-bond acceptors (Lipinski definition) is 3. The maximum absolute atomic E-state index is 12.4. The molecule has 0 unspecified atom stereocenters. The molecule has 3 N–H and O–H groups in total. The number of carbonyl (C=O) groups is 1. The average Bonchev–Trinajstić information content (AvgIpc) is 2.97. The summed E-state index contributed by atoms with van der Waals surface area (Å²) in [5.41, 5.74) is 2.74. The Morgan fingerprint density at radius 2 is 2.09 bits per heavy atom. The Balaban J connectivity index is 1.50. The monoisotopic (exact) mass is 304 g/mol. The van der Waals surface area contributed by atoms with Crippen LogP contribution in [0.15, 0.2) is 0 Å². The Morgan fingerprint density at radius 3 is 2.82 bits per heavy atom. The first-order valence-corrected chi connectivity index (χ1v) is 8.70. The highest BCUT2D eigenvalue weighted by Crippen LogP contribution is 2.32. The number of H-pyrrole nitrogens is 1. The fourth-order valence-corrected chi connectivity index (χ4v) is 3.79. The molecule has 1 fully saturated rings. The number of nitrogens with one attached hydrogen (secondary N) is 3. The van der Waals surface area contributed by atoms with Crippen molar-refractivity contribution < 1.29 is 4.79 Å². The van der Waals surface area contributed by atoms with E-state index in [1.165, 1.54) is 25.7 Å². The van der Waals surface area contributed by atoms with Gasteiger partial charge in [-0.15, -0.1) is 0 Å². The van der Waals surface area contributed by atoms with Crippen LogP contribution in [0.1, 0.15) is 61.3 Å². The molecule has 0 atom stereocenters. The van der Waals surface area contributed by atoms with Gasteiger partial charge in [0.25, 0.3) is 5.91 Å². The number of carbonyl (C=O) groups excluding carboxylic acids is 1. The molecule has 22 heavy (non-hydrogen) atoms. The number of hydrogen-bond donors (Lipinski definition) is 3. The summed E-state index contributed by atoms with van der Waals surface area (Å²) in [6.07, 6.45) is 6.02. The summed E-state index contributed by atoms with van der Waals surface area (Å²) < 4.78 is 0. The van der Waals surface area contributed by atoms with Crippen LogP contribution in [0, 0.1) is 17.8 Å². The lowest BCUT2D eigenvalue weighted by Gasteiger charge is -2.30. The lowest BCUT2D eigenvalue weighted by molar-refractivity contribution is 0.0933. The Bertz CT molecular complexity index is 515. The van der Waals surface area contributed by atoms with Crippen LogP contribution in [0.2, 0.25) is 0 Å². The third kappa shape index (κ3) is 3.35. The van der Waals surface area contributed by atoms with Gasteiger partial charge in [0, 0.05) is 37.3 Å². The van der Waals surface area contributed by atoms with Gasteiger partial charge in [-0.3, -0.25) is 9.89 Å². The molecule has 1 saturated carbocycles. The molecule has 1 amide bonds. The molecule has 0 radical (unpaired) electrons. The van der Waals surface area contributed by atoms with Gasteiger partial charge in [-0.2, -0.15) is 5.10 Å². The maximum atomic E-state index is 12.4. The minimum atomic E-state index is -0.0211. The fourth-order valence-electron chi connectivity index (χ4n) is 3.79. The molecule has 5 heteroatoms. The predicted octanol–water partition coefficient (Wildman–Crippen LogP) is 2.25. The molecule has 1 aromatic heterocycles. The van der Waals surface area contributed by atoms with E-state index in [4.69, 9.17) is 0 Å². The Hall–Kier alpha value is -1.36. The predicted molar refractivity (Wildman–Crippen MR) is 86.6 cm³/mol. The van der Waals surface area contributed by atoms with Crippen LogP contribution < -0.4 is 10.6 Å². The van der Waals surface area contributed by atoms with Crippen molar-refractivity contribution in [3.63, 3.8) is 0 Å². The van der Waals surface area contributed by atoms with E-state index in [1.54, 1.807) is 0 Å². The number of amides is 1. The van der Waals surface area contributed by atoms with Crippen molar-refractivity contribution in [1.82, 2.24) is 20.8 Å². The van der Waals surface area contributed by atoms with Gasteiger partial charge in [-0.1, -0.05) is 13.8 Å². The van der Waals surface area contributed by atoms with E-state index in [1.807, 2.05) is 0 Å². The van der Waals surface area contributed by atoms with E-state index in [0.29, 0.717) is 11.6 Å². The quantitative estimate of drug-likeness (QED) is 0.799. The van der Waals surface area contributed by atoms with Crippen molar-refractivity contribution in [1.29, 1.82) is 0 Å². The third-order valence-corrected chi connectivity index (χ3v) is 5.41. The smallest absolute Gasteiger partial charge is 0.272 e. The van der Waals surface area contributed by atoms with Crippen molar-refractivity contribution in [2.45, 2.75) is 52.5 Å². The molecular weight excluding hydrogens is 276 g/mol. The van der Waals surface area contributed by atoms with Gasteiger partial charge in [0.15, 0.2) is 5.69 Å². The summed E-state index contributed by atoms with van der Waals surface area (Å²) in [4.78, 5) is 12.4. The molecule has 2 heterocycles. The van der Waals surface area contributed by atoms with Crippen molar-refractivity contribution in [3.8, 4) is 0 Å². The molecule has 122 valence electrons. The molecule has 1 aromatic rings. The van der Waals surface area contributed by atoms with Crippen molar-refractivity contribution in [2.75, 3.05) is 13.1 Å². The Morgan fingerprint density at radius 1 is 1.32 bits per heavy atom. The van der Waals surface area contributed by atoms with Gasteiger partial charge < -0.3 is 10.6 Å². The van der Waals surface area contributed by atoms with Crippen LogP contribution in [0.3, 0.4) is 0 Å². The summed E-state index contributed by atoms with van der Waals surface area (Å²) in [6, 6.07) is 0. The summed E-state index contributed by atoms with van der Waals surface area (Å²) in [5.74, 6) is 2.27. The highest BCUT2D eigenvalue weighted by molar-refractivity contribution is 5.94. The van der Waals surface area contributed by atoms with Gasteiger partial charge >= 0.3 is 0 Å². The maximum Gasteiger partial charge on any atom is 0.272 e. The second-order valence-electron chi connectivity index (χ2n) is 7.19. The van der Waals surface area contributed by atoms with Crippen LogP contribution in [0.5, 0.6) is 0 Å². The fraction of sp³-hybridized carbons (Fsp3) is 0.765. The van der Waals surface area contributed by atoms with E-state index in [9.17, 15) is 4.79 Å². The number of rotatable bonds is 4. The second-order valence-corrected chi connectivity index (χ2v) is 7.19. The molecule has 3 rings (SSSR count). The summed E-state index contributed by atoms with van der Waals surface area (Å²) >= 11 is 0. The molecule has 1 aliphatic carbocycles. The number of fused-ring (bicyclic) bond motifs is 1. The molecule has 0 spiro atoms. The second kappa shape index (κ2) is 6.82. The van der Waals surface area contributed by atoms with E-state index in [-0.39, 0.29) is 5.91 Å². The number of aromatic amines is 1. The minimum Gasteiger partial charge on any atom is -0.350 e. The first-order chi connectivity index (χ1) is 10.6. The molecule has 1 aliphatic heterocycles. The minimum absolute atomic E-state index is 0.0211. The summed E-state index contributed by atoms with van der Waals surface area (Å²) in [7, 11) is 0. The third-order valence-electron chi connectivity index (χ3n) is 5.41. The largest absolute Gasteiger partial charge is 0.350 e. The van der Waals surface area contributed by atoms with Gasteiger partial charge in [0.05, 0.1) is 0 Å². The zero-order chi connectivity index (χ0) is 15.5. The molecule has 2 aliphatic rings. The van der Waals surface area contributed by atoms with Gasteiger partial charge in [-0.05, 0) is 43.4 Å². The van der Waals surface area contributed by atoms with E-state index in [0.717, 1.165) is 49.1 Å². The van der Waals surface area contributed by atoms with Crippen LogP contribution in [0.25, 0.3) is 0 Å². The van der Waals surface area contributed by atoms with Gasteiger partial charge in [-0.25, -0.2) is 0 Å². The van der Waals surface area contributed by atoms with Gasteiger partial charge in [0.2, 0.25) is 0 Å². The highest BCUT2D eigenvalue weighted by Gasteiger charge is 2.25. The van der Waals surface area contributed by atoms with Crippen LogP contribution in [0.4, 0.5) is 0 Å². The lowest BCUT2D eigenvalue weighted by Crippen LogP contribution is -2.33. The standard InChI is InChI=1S/C17H28N4O/c1-11(2)13-5-3-12(4-6-13)9-19-17(22)16-14-10-18-8-7-15(14)20-21-16/h11-13,18H,3-10H2,1-2H3,(H,19,22)(H,20,21). The highest BCUT2D eigenvalue weighted by atomic mass is 16.1. The molecular formula is C17H28N4O. The summed E-state index contributed by atoms with van der Waals surface area (Å²) in [5, 5.41) is 13.6. The first kappa shape index (κ1) is 15.5. The van der Waals surface area contributed by atoms with Crippen LogP contribution in [-0.4, -0.2) is 29.2 Å². The van der Waals surface area contributed by atoms with Crippen molar-refractivity contribution in [3.05, 3.63) is 17.0 Å². The van der Waals surface area contributed by atoms with Crippen molar-refractivity contribution in [2.24, 2.45) is 17.8 Å². The van der Waals surface area contributed by atoms with Gasteiger partial charge in [0.1, 0.15) is 0 Å². The average molecular weight is 304 g/mol. The van der Waals surface area contributed by atoms with Crippen molar-refractivity contribution >= 4 is 5.91 Å². The molecule has 0 aromatic carbocycles. The SMILES string of the molecule is CC(C)C1CCC(CNC(=O)c2n[nH]c3c2CNCC3)CC1. The molecule has 0 saturated heterocycles. The molecule has 0 bridgehead atoms. The number of nitrogens with zero attached hydrogens (tertiary/aromatic N) is 1.